The molecule has 0 amide bonds. The van der Waals surface area contributed by atoms with Crippen LogP contribution in [-0.2, 0) is 0 Å². The molecule has 2 N–H and O–H groups in total. The van der Waals surface area contributed by atoms with E-state index in [1.54, 1.807) is 0 Å². The summed E-state index contributed by atoms with van der Waals surface area (Å²) in [7, 11) is 0. The van der Waals surface area contributed by atoms with Gasteiger partial charge in [-0.05, 0) is 84.5 Å². The average Bonchev–Trinajstić information content (AvgIpc) is 2.64. The van der Waals surface area contributed by atoms with Crippen LogP contribution >= 0.6 is 0 Å². The number of unbranched alkanes of at least 4 members (excludes halogenated alkanes) is 2. The molecule has 0 bridgehead atoms. The highest BCUT2D eigenvalue weighted by molar-refractivity contribution is 4.80. The Morgan fingerprint density at radius 2 is 1.00 bits per heavy atom. The molecular formula is C31H65N. The van der Waals surface area contributed by atoms with Crippen molar-refractivity contribution in [3.8, 4) is 0 Å². The van der Waals surface area contributed by atoms with Crippen LogP contribution in [0.5, 0.6) is 0 Å². The van der Waals surface area contributed by atoms with Gasteiger partial charge in [0.05, 0.1) is 0 Å². The van der Waals surface area contributed by atoms with E-state index < -0.39 is 0 Å². The van der Waals surface area contributed by atoms with E-state index in [1.807, 2.05) is 0 Å². The van der Waals surface area contributed by atoms with Crippen molar-refractivity contribution in [3.63, 3.8) is 0 Å². The van der Waals surface area contributed by atoms with E-state index in [2.05, 4.69) is 83.1 Å². The normalized spacial score (nSPS) is 19.8. The maximum Gasteiger partial charge on any atom is -0.00746 e. The molecule has 194 valence electrons. The van der Waals surface area contributed by atoms with Crippen molar-refractivity contribution in [1.29, 1.82) is 0 Å². The molecule has 1 nitrogen and oxygen atoms in total. The van der Waals surface area contributed by atoms with Gasteiger partial charge in [-0.2, -0.15) is 0 Å². The topological polar surface area (TPSA) is 26.0 Å². The minimum atomic E-state index is 0.386. The molecule has 0 aliphatic heterocycles. The SMILES string of the molecule is CC(CCCCCC(C)CC(C(C)CCN)C(C)(C)C)CC(C)C(C)CC(C)C(C)(C)C. The zero-order chi connectivity index (χ0) is 25.1. The van der Waals surface area contributed by atoms with Gasteiger partial charge >= 0.3 is 0 Å². The number of rotatable bonds is 16. The first-order chi connectivity index (χ1) is 14.6. The molecule has 0 fully saturated rings. The van der Waals surface area contributed by atoms with E-state index in [1.165, 1.54) is 57.8 Å². The second-order valence-electron chi connectivity index (χ2n) is 14.3. The monoisotopic (exact) mass is 452 g/mol. The molecule has 0 spiro atoms. The summed E-state index contributed by atoms with van der Waals surface area (Å²) >= 11 is 0. The lowest BCUT2D eigenvalue weighted by Crippen LogP contribution is -2.30. The molecule has 0 radical (unpaired) electrons. The lowest BCUT2D eigenvalue weighted by molar-refractivity contribution is 0.128. The highest BCUT2D eigenvalue weighted by atomic mass is 14.5. The van der Waals surface area contributed by atoms with Crippen LogP contribution in [0.1, 0.15) is 141 Å². The van der Waals surface area contributed by atoms with Gasteiger partial charge in [0.25, 0.3) is 0 Å². The first kappa shape index (κ1) is 32.0. The van der Waals surface area contributed by atoms with Crippen molar-refractivity contribution in [2.24, 2.45) is 58.0 Å². The smallest absolute Gasteiger partial charge is 0.00746 e. The Balaban J connectivity index is 4.21. The average molecular weight is 452 g/mol. The van der Waals surface area contributed by atoms with Gasteiger partial charge < -0.3 is 5.73 Å². The van der Waals surface area contributed by atoms with Gasteiger partial charge in [-0.3, -0.25) is 0 Å². The van der Waals surface area contributed by atoms with Gasteiger partial charge in [0.1, 0.15) is 0 Å². The molecule has 0 aliphatic carbocycles. The first-order valence-electron chi connectivity index (χ1n) is 14.3. The summed E-state index contributed by atoms with van der Waals surface area (Å²) < 4.78 is 0. The van der Waals surface area contributed by atoms with Gasteiger partial charge in [0.15, 0.2) is 0 Å². The fraction of sp³-hybridized carbons (Fsp3) is 1.00. The molecule has 0 aliphatic rings. The molecule has 0 rings (SSSR count). The third-order valence-corrected chi connectivity index (χ3v) is 8.92. The lowest BCUT2D eigenvalue weighted by atomic mass is 9.68. The fourth-order valence-corrected chi connectivity index (χ4v) is 5.75. The predicted octanol–water partition coefficient (Wildman–Crippen LogP) is 9.98. The first-order valence-corrected chi connectivity index (χ1v) is 14.3. The highest BCUT2D eigenvalue weighted by Crippen LogP contribution is 2.39. The summed E-state index contributed by atoms with van der Waals surface area (Å²) in [4.78, 5) is 0. The molecule has 32 heavy (non-hydrogen) atoms. The number of hydrogen-bond donors (Lipinski definition) is 1. The molecule has 0 saturated carbocycles. The second kappa shape index (κ2) is 15.1. The van der Waals surface area contributed by atoms with E-state index in [0.717, 1.165) is 48.0 Å². The molecule has 1 heteroatoms. The van der Waals surface area contributed by atoms with Gasteiger partial charge in [-0.1, -0.05) is 115 Å². The minimum Gasteiger partial charge on any atom is -0.330 e. The van der Waals surface area contributed by atoms with Crippen LogP contribution in [-0.4, -0.2) is 6.54 Å². The van der Waals surface area contributed by atoms with Gasteiger partial charge in [0, 0.05) is 0 Å². The van der Waals surface area contributed by atoms with Crippen LogP contribution in [0.2, 0.25) is 0 Å². The van der Waals surface area contributed by atoms with Gasteiger partial charge in [-0.15, -0.1) is 0 Å². The van der Waals surface area contributed by atoms with Crippen molar-refractivity contribution in [3.05, 3.63) is 0 Å². The minimum absolute atomic E-state index is 0.386. The van der Waals surface area contributed by atoms with Crippen LogP contribution in [0.3, 0.4) is 0 Å². The maximum atomic E-state index is 5.86. The Morgan fingerprint density at radius 3 is 1.44 bits per heavy atom. The van der Waals surface area contributed by atoms with Crippen molar-refractivity contribution in [2.75, 3.05) is 6.54 Å². The van der Waals surface area contributed by atoms with Gasteiger partial charge in [0.2, 0.25) is 0 Å². The Kier molecular flexibility index (Phi) is 15.0. The van der Waals surface area contributed by atoms with E-state index in [9.17, 15) is 0 Å². The van der Waals surface area contributed by atoms with Crippen molar-refractivity contribution < 1.29 is 0 Å². The van der Waals surface area contributed by atoms with Crippen LogP contribution in [0.4, 0.5) is 0 Å². The summed E-state index contributed by atoms with van der Waals surface area (Å²) in [6.07, 6.45) is 12.4. The van der Waals surface area contributed by atoms with Crippen LogP contribution in [0, 0.1) is 52.3 Å². The molecule has 0 aromatic heterocycles. The largest absolute Gasteiger partial charge is 0.330 e. The maximum absolute atomic E-state index is 5.86. The summed E-state index contributed by atoms with van der Waals surface area (Å²) in [6, 6.07) is 0. The second-order valence-corrected chi connectivity index (χ2v) is 14.3. The van der Waals surface area contributed by atoms with E-state index in [4.69, 9.17) is 5.73 Å². The van der Waals surface area contributed by atoms with Crippen molar-refractivity contribution >= 4 is 0 Å². The van der Waals surface area contributed by atoms with Crippen LogP contribution in [0.25, 0.3) is 0 Å². The van der Waals surface area contributed by atoms with Gasteiger partial charge in [-0.25, -0.2) is 0 Å². The Bertz CT molecular complexity index is 454. The molecule has 0 aromatic rings. The molecule has 7 atom stereocenters. The van der Waals surface area contributed by atoms with E-state index >= 15 is 0 Å². The summed E-state index contributed by atoms with van der Waals surface area (Å²) in [5.41, 5.74) is 6.69. The number of nitrogens with two attached hydrogens (primary N) is 1. The number of hydrogen-bond acceptors (Lipinski definition) is 1. The van der Waals surface area contributed by atoms with Crippen molar-refractivity contribution in [2.45, 2.75) is 141 Å². The molecule has 0 saturated heterocycles. The molecule has 0 heterocycles. The molecule has 7 unspecified atom stereocenters. The Labute approximate surface area is 205 Å². The third-order valence-electron chi connectivity index (χ3n) is 8.92. The summed E-state index contributed by atoms with van der Waals surface area (Å²) in [5.74, 6) is 5.71. The highest BCUT2D eigenvalue weighted by Gasteiger charge is 2.30. The third kappa shape index (κ3) is 13.6. The predicted molar refractivity (Wildman–Crippen MR) is 148 cm³/mol. The standard InChI is InChI=1S/C31H65N/c1-23(20-26(4)27(5)22-28(6)30(7,8)9)16-14-13-15-17-24(2)21-29(31(10,11)12)25(3)18-19-32/h23-29H,13-22,32H2,1-12H3. The van der Waals surface area contributed by atoms with Crippen LogP contribution < -0.4 is 5.73 Å². The van der Waals surface area contributed by atoms with Crippen molar-refractivity contribution in [1.82, 2.24) is 0 Å². The van der Waals surface area contributed by atoms with E-state index in [0.29, 0.717) is 10.8 Å². The summed E-state index contributed by atoms with van der Waals surface area (Å²) in [5, 5.41) is 0. The summed E-state index contributed by atoms with van der Waals surface area (Å²) in [6.45, 7) is 30.1. The zero-order valence-corrected chi connectivity index (χ0v) is 24.7. The fourth-order valence-electron chi connectivity index (χ4n) is 5.75. The Hall–Kier alpha value is -0.0400. The zero-order valence-electron chi connectivity index (χ0n) is 24.7. The molecule has 0 aromatic carbocycles. The van der Waals surface area contributed by atoms with Crippen LogP contribution in [0.15, 0.2) is 0 Å². The Morgan fingerprint density at radius 1 is 0.531 bits per heavy atom. The molecular weight excluding hydrogens is 386 g/mol. The lowest BCUT2D eigenvalue weighted by Gasteiger charge is -2.37. The van der Waals surface area contributed by atoms with E-state index in [-0.39, 0.29) is 0 Å². The quantitative estimate of drug-likeness (QED) is 0.232.